The van der Waals surface area contributed by atoms with Gasteiger partial charge in [-0.05, 0) is 73.4 Å². The molecule has 1 fully saturated rings. The van der Waals surface area contributed by atoms with Gasteiger partial charge in [-0.2, -0.15) is 13.2 Å². The van der Waals surface area contributed by atoms with Gasteiger partial charge in [0.1, 0.15) is 5.75 Å². The summed E-state index contributed by atoms with van der Waals surface area (Å²) in [7, 11) is 0. The van der Waals surface area contributed by atoms with Crippen molar-refractivity contribution in [3.05, 3.63) is 23.3 Å². The van der Waals surface area contributed by atoms with E-state index in [1.165, 1.54) is 28.7 Å². The maximum atomic E-state index is 14.3. The molecule has 2 aliphatic rings. The van der Waals surface area contributed by atoms with Crippen molar-refractivity contribution in [3.8, 4) is 5.75 Å². The van der Waals surface area contributed by atoms with E-state index in [9.17, 15) is 27.6 Å². The number of amides is 2. The molecule has 39 heavy (non-hydrogen) atoms. The van der Waals surface area contributed by atoms with Crippen LogP contribution < -0.4 is 15.4 Å². The monoisotopic (exact) mass is 556 g/mol. The fourth-order valence-corrected chi connectivity index (χ4v) is 4.82. The Kier molecular flexibility index (Phi) is 8.62. The van der Waals surface area contributed by atoms with E-state index in [-0.39, 0.29) is 31.1 Å². The van der Waals surface area contributed by atoms with Gasteiger partial charge in [0.05, 0.1) is 28.8 Å². The first-order valence-corrected chi connectivity index (χ1v) is 13.1. The van der Waals surface area contributed by atoms with Gasteiger partial charge in [-0.25, -0.2) is 4.79 Å². The first-order chi connectivity index (χ1) is 17.9. The van der Waals surface area contributed by atoms with Crippen molar-refractivity contribution in [3.63, 3.8) is 0 Å². The van der Waals surface area contributed by atoms with E-state index in [4.69, 9.17) is 15.3 Å². The Morgan fingerprint density at radius 1 is 1.23 bits per heavy atom. The first-order valence-electron chi connectivity index (χ1n) is 13.1. The van der Waals surface area contributed by atoms with Crippen LogP contribution in [-0.4, -0.2) is 71.6 Å². The topological polar surface area (TPSA) is 105 Å². The van der Waals surface area contributed by atoms with E-state index in [1.54, 1.807) is 34.6 Å². The molecular weight excluding hydrogens is 517 g/mol. The molecule has 0 aromatic heterocycles. The van der Waals surface area contributed by atoms with E-state index < -0.39 is 58.2 Å². The predicted octanol–water partition coefficient (Wildman–Crippen LogP) is 3.99. The molecule has 2 N–H and O–H groups in total. The van der Waals surface area contributed by atoms with Crippen LogP contribution in [0.3, 0.4) is 0 Å². The van der Waals surface area contributed by atoms with Gasteiger partial charge in [-0.1, -0.05) is 0 Å². The number of nitrogens with zero attached hydrogens (tertiary/aromatic N) is 3. The van der Waals surface area contributed by atoms with Gasteiger partial charge in [-0.3, -0.25) is 9.59 Å². The first kappa shape index (κ1) is 30.7. The van der Waals surface area contributed by atoms with Crippen molar-refractivity contribution < 1.29 is 37.1 Å². The number of benzene rings is 1. The number of fused-ring (bicyclic) bond motifs is 1. The van der Waals surface area contributed by atoms with Gasteiger partial charge >= 0.3 is 12.1 Å². The fourth-order valence-electron chi connectivity index (χ4n) is 4.82. The second-order valence-electron chi connectivity index (χ2n) is 11.8. The van der Waals surface area contributed by atoms with Crippen LogP contribution in [-0.2, 0) is 20.6 Å². The van der Waals surface area contributed by atoms with E-state index in [0.29, 0.717) is 19.4 Å². The number of rotatable bonds is 6. The summed E-state index contributed by atoms with van der Waals surface area (Å²) in [5, 5.41) is 1.47. The number of alkyl halides is 3. The molecule has 12 heteroatoms. The molecule has 0 saturated carbocycles. The Morgan fingerprint density at radius 3 is 2.41 bits per heavy atom. The third kappa shape index (κ3) is 6.49. The number of piperidine rings is 1. The predicted molar refractivity (Wildman–Crippen MR) is 139 cm³/mol. The summed E-state index contributed by atoms with van der Waals surface area (Å²) < 4.78 is 48.6. The lowest BCUT2D eigenvalue weighted by Gasteiger charge is -2.42. The molecule has 0 bridgehead atoms. The molecule has 0 radical (unpaired) electrons. The van der Waals surface area contributed by atoms with Crippen molar-refractivity contribution in [2.45, 2.75) is 85.2 Å². The highest BCUT2D eigenvalue weighted by Gasteiger charge is 2.45. The second kappa shape index (κ2) is 11.0. The summed E-state index contributed by atoms with van der Waals surface area (Å²) in [6, 6.07) is 0.901. The summed E-state index contributed by atoms with van der Waals surface area (Å²) >= 11 is 0. The third-order valence-corrected chi connectivity index (χ3v) is 6.77. The van der Waals surface area contributed by atoms with Crippen molar-refractivity contribution in [1.29, 1.82) is 0 Å². The number of halogens is 3. The molecule has 1 saturated heterocycles. The van der Waals surface area contributed by atoms with Gasteiger partial charge in [0, 0.05) is 31.7 Å². The number of nitrogens with two attached hydrogens (primary N) is 1. The van der Waals surface area contributed by atoms with Gasteiger partial charge in [0.25, 0.3) is 11.8 Å². The smallest absolute Gasteiger partial charge is 0.417 e. The third-order valence-electron chi connectivity index (χ3n) is 6.77. The molecule has 1 atom stereocenters. The van der Waals surface area contributed by atoms with E-state index in [1.807, 2.05) is 0 Å². The molecule has 2 heterocycles. The van der Waals surface area contributed by atoms with Crippen molar-refractivity contribution in [2.75, 3.05) is 31.1 Å². The van der Waals surface area contributed by atoms with Crippen molar-refractivity contribution >= 4 is 23.5 Å². The van der Waals surface area contributed by atoms with Crippen LogP contribution in [0.15, 0.2) is 12.1 Å². The zero-order valence-electron chi connectivity index (χ0n) is 23.6. The number of hydrogen-bond acceptors (Lipinski definition) is 7. The highest BCUT2D eigenvalue weighted by molar-refractivity contribution is 6.05. The van der Waals surface area contributed by atoms with Gasteiger partial charge < -0.3 is 25.1 Å². The largest absolute Gasteiger partial charge is 0.476 e. The van der Waals surface area contributed by atoms with Crippen LogP contribution in [0.1, 0.15) is 77.2 Å². The molecule has 1 aromatic carbocycles. The minimum Gasteiger partial charge on any atom is -0.476 e. The average Bonchev–Trinajstić information content (AvgIpc) is 2.80. The molecule has 0 unspecified atom stereocenters. The van der Waals surface area contributed by atoms with Gasteiger partial charge in [0.2, 0.25) is 0 Å². The second-order valence-corrected chi connectivity index (χ2v) is 11.8. The van der Waals surface area contributed by atoms with Crippen LogP contribution in [0, 0.1) is 5.41 Å². The Bertz CT molecular complexity index is 1110. The molecule has 9 nitrogen and oxygen atoms in total. The summed E-state index contributed by atoms with van der Waals surface area (Å²) in [4.78, 5) is 47.6. The Labute approximate surface area is 227 Å². The quantitative estimate of drug-likeness (QED) is 0.565. The van der Waals surface area contributed by atoms with E-state index in [0.717, 1.165) is 12.1 Å². The lowest BCUT2D eigenvalue weighted by atomic mass is 9.96. The molecular formula is C27H39F3N4O5. The normalized spacial score (nSPS) is 19.9. The maximum Gasteiger partial charge on any atom is 0.417 e. The average molecular weight is 557 g/mol. The number of carbonyl (C=O) groups is 3. The number of hydrogen-bond donors (Lipinski definition) is 1. The zero-order chi connectivity index (χ0) is 29.5. The lowest BCUT2D eigenvalue weighted by molar-refractivity contribution is -0.208. The number of ether oxygens (including phenoxy) is 1. The van der Waals surface area contributed by atoms with Gasteiger partial charge in [-0.15, -0.1) is 5.06 Å². The minimum atomic E-state index is -4.86. The lowest BCUT2D eigenvalue weighted by Crippen LogP contribution is -2.54. The highest BCUT2D eigenvalue weighted by Crippen LogP contribution is 2.44. The molecule has 1 aromatic rings. The SMILES string of the molecule is CC(C)N(C(=O)c1cc2c(cc1C(F)(F)F)OC(C)(C)C(=O)N2CCN)[C@@H]1CCCN(OC(=O)C(C)(C)C)C1. The maximum absolute atomic E-state index is 14.3. The molecule has 3 rings (SSSR count). The zero-order valence-corrected chi connectivity index (χ0v) is 23.6. The van der Waals surface area contributed by atoms with Crippen LogP contribution in [0.5, 0.6) is 5.75 Å². The number of anilines is 1. The minimum absolute atomic E-state index is 0.0439. The highest BCUT2D eigenvalue weighted by atomic mass is 19.4. The van der Waals surface area contributed by atoms with Crippen molar-refractivity contribution in [1.82, 2.24) is 9.96 Å². The van der Waals surface area contributed by atoms with Crippen molar-refractivity contribution in [2.24, 2.45) is 11.1 Å². The molecule has 0 aliphatic carbocycles. The van der Waals surface area contributed by atoms with Gasteiger partial charge in [0.15, 0.2) is 5.60 Å². The summed E-state index contributed by atoms with van der Waals surface area (Å²) in [5.41, 5.74) is 1.87. The van der Waals surface area contributed by atoms with E-state index >= 15 is 0 Å². The Hall–Kier alpha value is -2.86. The summed E-state index contributed by atoms with van der Waals surface area (Å²) in [5.74, 6) is -1.89. The summed E-state index contributed by atoms with van der Waals surface area (Å²) in [6.45, 7) is 12.3. The molecule has 0 spiro atoms. The van der Waals surface area contributed by atoms with Crippen LogP contribution >= 0.6 is 0 Å². The molecule has 2 aliphatic heterocycles. The van der Waals surface area contributed by atoms with Crippen LogP contribution in [0.25, 0.3) is 0 Å². The van der Waals surface area contributed by atoms with Crippen LogP contribution in [0.4, 0.5) is 18.9 Å². The summed E-state index contributed by atoms with van der Waals surface area (Å²) in [6.07, 6.45) is -3.76. The van der Waals surface area contributed by atoms with E-state index in [2.05, 4.69) is 0 Å². The molecule has 2 amide bonds. The Morgan fingerprint density at radius 2 is 1.87 bits per heavy atom. The number of hydroxylamine groups is 2. The molecule has 218 valence electrons. The Balaban J connectivity index is 2.05. The van der Waals surface area contributed by atoms with Crippen LogP contribution in [0.2, 0.25) is 0 Å². The number of carbonyl (C=O) groups excluding carboxylic acids is 3. The standard InChI is InChI=1S/C27H39F3N4O5/c1-16(2)34(17-9-8-11-32(15-17)39-24(37)25(3,4)5)22(35)18-13-20-21(14-19(18)27(28,29)30)38-26(6,7)23(36)33(20)12-10-31/h13-14,16-17H,8-12,15,31H2,1-7H3/t17-/m1/s1. The fraction of sp³-hybridized carbons (Fsp3) is 0.667.